The SMILES string of the molecule is O=C1CC[C]Oc2ccccc21. The minimum Gasteiger partial charge on any atom is -0.478 e. The van der Waals surface area contributed by atoms with Gasteiger partial charge in [-0.15, -0.1) is 0 Å². The molecule has 2 nitrogen and oxygen atoms in total. The predicted molar refractivity (Wildman–Crippen MR) is 43.9 cm³/mol. The lowest BCUT2D eigenvalue weighted by molar-refractivity contribution is 0.0984. The number of carbonyl (C=O) groups excluding carboxylic acids is 1. The molecule has 0 unspecified atom stereocenters. The normalized spacial score (nSPS) is 16.2. The zero-order valence-electron chi connectivity index (χ0n) is 6.54. The van der Waals surface area contributed by atoms with Crippen LogP contribution in [0.1, 0.15) is 23.2 Å². The van der Waals surface area contributed by atoms with Crippen LogP contribution < -0.4 is 4.74 Å². The Morgan fingerprint density at radius 3 is 3.08 bits per heavy atom. The van der Waals surface area contributed by atoms with E-state index in [-0.39, 0.29) is 5.78 Å². The molecule has 0 spiro atoms. The van der Waals surface area contributed by atoms with Gasteiger partial charge in [0, 0.05) is 12.8 Å². The van der Waals surface area contributed by atoms with Gasteiger partial charge in [0.25, 0.3) is 0 Å². The van der Waals surface area contributed by atoms with Gasteiger partial charge in [0.15, 0.2) is 12.4 Å². The maximum absolute atomic E-state index is 11.4. The van der Waals surface area contributed by atoms with Crippen LogP contribution in [-0.4, -0.2) is 5.78 Å². The topological polar surface area (TPSA) is 26.3 Å². The molecule has 1 aromatic carbocycles. The summed E-state index contributed by atoms with van der Waals surface area (Å²) in [4.78, 5) is 11.4. The van der Waals surface area contributed by atoms with Crippen molar-refractivity contribution >= 4 is 5.78 Å². The smallest absolute Gasteiger partial charge is 0.196 e. The van der Waals surface area contributed by atoms with Crippen LogP contribution in [0.4, 0.5) is 0 Å². The van der Waals surface area contributed by atoms with Crippen molar-refractivity contribution < 1.29 is 9.53 Å². The molecule has 0 atom stereocenters. The number of hydrogen-bond donors (Lipinski definition) is 0. The van der Waals surface area contributed by atoms with Crippen molar-refractivity contribution in [2.75, 3.05) is 0 Å². The molecule has 0 aliphatic carbocycles. The Hall–Kier alpha value is -1.31. The van der Waals surface area contributed by atoms with Crippen LogP contribution in [0.5, 0.6) is 5.75 Å². The van der Waals surface area contributed by atoms with Crippen LogP contribution in [0.25, 0.3) is 0 Å². The number of ether oxygens (including phenoxy) is 1. The molecule has 0 bridgehead atoms. The summed E-state index contributed by atoms with van der Waals surface area (Å²) in [6, 6.07) is 7.25. The average Bonchev–Trinajstić information content (AvgIpc) is 2.29. The number of rotatable bonds is 0. The highest BCUT2D eigenvalue weighted by Gasteiger charge is 2.15. The summed E-state index contributed by atoms with van der Waals surface area (Å²) in [6.07, 6.45) is 1.07. The largest absolute Gasteiger partial charge is 0.478 e. The van der Waals surface area contributed by atoms with Gasteiger partial charge in [0.05, 0.1) is 5.56 Å². The molecule has 60 valence electrons. The molecule has 1 aliphatic rings. The summed E-state index contributed by atoms with van der Waals surface area (Å²) in [7, 11) is 0. The molecule has 12 heavy (non-hydrogen) atoms. The highest BCUT2D eigenvalue weighted by atomic mass is 16.5. The van der Waals surface area contributed by atoms with Crippen LogP contribution in [0.15, 0.2) is 24.3 Å². The molecule has 1 aliphatic heterocycles. The van der Waals surface area contributed by atoms with Crippen molar-refractivity contribution in [1.29, 1.82) is 0 Å². The summed E-state index contributed by atoms with van der Waals surface area (Å²) in [5, 5.41) is 0. The summed E-state index contributed by atoms with van der Waals surface area (Å²) in [5.74, 6) is 0.760. The first kappa shape index (κ1) is 7.35. The van der Waals surface area contributed by atoms with Gasteiger partial charge in [-0.1, -0.05) is 12.1 Å². The van der Waals surface area contributed by atoms with Gasteiger partial charge in [-0.3, -0.25) is 4.79 Å². The molecule has 0 fully saturated rings. The van der Waals surface area contributed by atoms with Gasteiger partial charge in [0.1, 0.15) is 5.75 Å². The van der Waals surface area contributed by atoms with E-state index in [9.17, 15) is 4.79 Å². The van der Waals surface area contributed by atoms with Crippen LogP contribution in [0.3, 0.4) is 0 Å². The number of hydrogen-bond acceptors (Lipinski definition) is 2. The van der Waals surface area contributed by atoms with Crippen molar-refractivity contribution in [3.05, 3.63) is 36.4 Å². The monoisotopic (exact) mass is 160 g/mol. The lowest BCUT2D eigenvalue weighted by Crippen LogP contribution is -1.96. The number of para-hydroxylation sites is 1. The Kier molecular flexibility index (Phi) is 1.82. The molecular weight excluding hydrogens is 152 g/mol. The predicted octanol–water partition coefficient (Wildman–Crippen LogP) is 2.08. The lowest BCUT2D eigenvalue weighted by Gasteiger charge is -2.02. The second-order valence-corrected chi connectivity index (χ2v) is 2.67. The Bertz CT molecular complexity index is 304. The van der Waals surface area contributed by atoms with E-state index < -0.39 is 0 Å². The molecule has 2 heteroatoms. The van der Waals surface area contributed by atoms with E-state index >= 15 is 0 Å². The van der Waals surface area contributed by atoms with Crippen molar-refractivity contribution in [3.63, 3.8) is 0 Å². The maximum Gasteiger partial charge on any atom is 0.196 e. The zero-order valence-corrected chi connectivity index (χ0v) is 6.54. The van der Waals surface area contributed by atoms with Gasteiger partial charge < -0.3 is 4.74 Å². The van der Waals surface area contributed by atoms with Gasteiger partial charge >= 0.3 is 0 Å². The first-order chi connectivity index (χ1) is 5.88. The second-order valence-electron chi connectivity index (χ2n) is 2.67. The highest BCUT2D eigenvalue weighted by molar-refractivity contribution is 5.98. The summed E-state index contributed by atoms with van der Waals surface area (Å²) in [6.45, 7) is 2.71. The standard InChI is InChI=1S/C10H8O2/c11-9-5-3-7-12-10-6-2-1-4-8(9)10/h1-2,4,6H,3,5H2. The van der Waals surface area contributed by atoms with Gasteiger partial charge in [-0.05, 0) is 12.1 Å². The van der Waals surface area contributed by atoms with E-state index in [2.05, 4.69) is 6.61 Å². The van der Waals surface area contributed by atoms with Gasteiger partial charge in [0.2, 0.25) is 0 Å². The fourth-order valence-electron chi connectivity index (χ4n) is 1.21. The van der Waals surface area contributed by atoms with Crippen LogP contribution in [0.2, 0.25) is 0 Å². The van der Waals surface area contributed by atoms with E-state index in [1.807, 2.05) is 12.1 Å². The third-order valence-corrected chi connectivity index (χ3v) is 1.82. The van der Waals surface area contributed by atoms with E-state index in [1.54, 1.807) is 12.1 Å². The summed E-state index contributed by atoms with van der Waals surface area (Å²) in [5.41, 5.74) is 0.669. The number of Topliss-reactive ketones (excluding diaryl/α,β-unsaturated/α-hetero) is 1. The Balaban J connectivity index is 2.46. The minimum atomic E-state index is 0.135. The fraction of sp³-hybridized carbons (Fsp3) is 0.200. The number of ketones is 1. The molecule has 1 aromatic rings. The quantitative estimate of drug-likeness (QED) is 0.580. The van der Waals surface area contributed by atoms with Crippen LogP contribution in [-0.2, 0) is 0 Å². The number of carbonyl (C=O) groups is 1. The van der Waals surface area contributed by atoms with Crippen molar-refractivity contribution in [2.45, 2.75) is 12.8 Å². The maximum atomic E-state index is 11.4. The van der Waals surface area contributed by atoms with E-state index in [0.717, 1.165) is 0 Å². The molecule has 2 radical (unpaired) electrons. The van der Waals surface area contributed by atoms with Gasteiger partial charge in [-0.25, -0.2) is 0 Å². The number of benzene rings is 1. The summed E-state index contributed by atoms with van der Waals surface area (Å²) >= 11 is 0. The van der Waals surface area contributed by atoms with Crippen molar-refractivity contribution in [3.8, 4) is 5.75 Å². The Morgan fingerprint density at radius 2 is 2.17 bits per heavy atom. The Morgan fingerprint density at radius 1 is 1.33 bits per heavy atom. The second kappa shape index (κ2) is 2.97. The molecule has 0 N–H and O–H groups in total. The van der Waals surface area contributed by atoms with Gasteiger partial charge in [-0.2, -0.15) is 0 Å². The summed E-state index contributed by atoms with van der Waals surface area (Å²) < 4.78 is 5.15. The van der Waals surface area contributed by atoms with Crippen LogP contribution >= 0.6 is 0 Å². The number of fused-ring (bicyclic) bond motifs is 1. The van der Waals surface area contributed by atoms with Crippen molar-refractivity contribution in [2.24, 2.45) is 0 Å². The van der Waals surface area contributed by atoms with E-state index in [4.69, 9.17) is 4.74 Å². The molecule has 0 saturated heterocycles. The van der Waals surface area contributed by atoms with Crippen LogP contribution in [0, 0.1) is 6.61 Å². The molecule has 1 heterocycles. The first-order valence-corrected chi connectivity index (χ1v) is 3.90. The molecular formula is C10H8O2. The Labute approximate surface area is 71.2 Å². The van der Waals surface area contributed by atoms with Crippen molar-refractivity contribution in [1.82, 2.24) is 0 Å². The van der Waals surface area contributed by atoms with E-state index in [1.165, 1.54) is 0 Å². The molecule has 2 rings (SSSR count). The average molecular weight is 160 g/mol. The highest BCUT2D eigenvalue weighted by Crippen LogP contribution is 2.24. The first-order valence-electron chi connectivity index (χ1n) is 3.90. The molecule has 0 aromatic heterocycles. The lowest BCUT2D eigenvalue weighted by atomic mass is 10.1. The third kappa shape index (κ3) is 1.20. The molecule has 0 amide bonds. The molecule has 0 saturated carbocycles. The zero-order chi connectivity index (χ0) is 8.39. The third-order valence-electron chi connectivity index (χ3n) is 1.82. The van der Waals surface area contributed by atoms with E-state index in [0.29, 0.717) is 24.2 Å². The minimum absolute atomic E-state index is 0.135. The fourth-order valence-corrected chi connectivity index (χ4v) is 1.21.